The Hall–Kier alpha value is -0.820. The number of carbonyl (C=O) groups is 1. The normalized spacial score (nSPS) is 17.0. The van der Waals surface area contributed by atoms with Crippen LogP contribution in [0.2, 0.25) is 0 Å². The summed E-state index contributed by atoms with van der Waals surface area (Å²) >= 11 is 3.05. The summed E-state index contributed by atoms with van der Waals surface area (Å²) in [5.41, 5.74) is 0. The zero-order chi connectivity index (χ0) is 16.7. The summed E-state index contributed by atoms with van der Waals surface area (Å²) in [6, 6.07) is 0.417. The fourth-order valence-electron chi connectivity index (χ4n) is 2.84. The van der Waals surface area contributed by atoms with E-state index in [1.165, 1.54) is 42.4 Å². The zero-order valence-corrected chi connectivity index (χ0v) is 16.0. The van der Waals surface area contributed by atoms with Gasteiger partial charge in [0.05, 0.1) is 5.25 Å². The quantitative estimate of drug-likeness (QED) is 0.563. The van der Waals surface area contributed by atoms with Crippen LogP contribution in [0.5, 0.6) is 0 Å². The number of carbonyl (C=O) groups excluding carboxylic acids is 1. The van der Waals surface area contributed by atoms with Crippen LogP contribution in [0.25, 0.3) is 0 Å². The number of rotatable bonds is 8. The van der Waals surface area contributed by atoms with Crippen LogP contribution in [-0.2, 0) is 4.79 Å². The maximum absolute atomic E-state index is 12.6. The summed E-state index contributed by atoms with van der Waals surface area (Å²) < 4.78 is 0.863. The molecule has 1 fully saturated rings. The summed E-state index contributed by atoms with van der Waals surface area (Å²) in [6.45, 7) is 5.06. The Morgan fingerprint density at radius 2 is 2.13 bits per heavy atom. The highest BCUT2D eigenvalue weighted by Gasteiger charge is 2.26. The van der Waals surface area contributed by atoms with Crippen molar-refractivity contribution in [2.45, 2.75) is 74.4 Å². The van der Waals surface area contributed by atoms with Crippen LogP contribution < -0.4 is 5.32 Å². The molecule has 1 N–H and O–H groups in total. The fourth-order valence-corrected chi connectivity index (χ4v) is 4.86. The molecule has 2 rings (SSSR count). The molecule has 0 bridgehead atoms. The van der Waals surface area contributed by atoms with Gasteiger partial charge in [-0.15, -0.1) is 10.2 Å². The average Bonchev–Trinajstić information content (AvgIpc) is 3.02. The number of hydrogen-bond donors (Lipinski definition) is 1. The standard InChI is InChI=1S/C16H28N4OS2/c1-4-5-11-17-15-18-19-16(23-15)22-12(2)14(21)20(3)13-9-7-6-8-10-13/h12-13H,4-11H2,1-3H3,(H,17,18). The van der Waals surface area contributed by atoms with Gasteiger partial charge in [-0.2, -0.15) is 0 Å². The molecule has 1 aliphatic rings. The van der Waals surface area contributed by atoms with Gasteiger partial charge in [-0.3, -0.25) is 4.79 Å². The first kappa shape index (κ1) is 18.5. The third-order valence-electron chi connectivity index (χ3n) is 4.31. The van der Waals surface area contributed by atoms with Crippen LogP contribution >= 0.6 is 23.1 Å². The molecule has 1 aliphatic carbocycles. The van der Waals surface area contributed by atoms with E-state index in [2.05, 4.69) is 22.4 Å². The molecular weight excluding hydrogens is 328 g/mol. The van der Waals surface area contributed by atoms with Gasteiger partial charge in [0.1, 0.15) is 0 Å². The summed E-state index contributed by atoms with van der Waals surface area (Å²) in [7, 11) is 1.95. The van der Waals surface area contributed by atoms with Crippen LogP contribution in [0.4, 0.5) is 5.13 Å². The van der Waals surface area contributed by atoms with Crippen LogP contribution in [-0.4, -0.2) is 45.9 Å². The summed E-state index contributed by atoms with van der Waals surface area (Å²) in [5, 5.41) is 12.3. The highest BCUT2D eigenvalue weighted by atomic mass is 32.2. The summed E-state index contributed by atoms with van der Waals surface area (Å²) in [4.78, 5) is 14.6. The zero-order valence-electron chi connectivity index (χ0n) is 14.4. The minimum atomic E-state index is -0.113. The minimum absolute atomic E-state index is 0.113. The van der Waals surface area contributed by atoms with E-state index >= 15 is 0 Å². The largest absolute Gasteiger partial charge is 0.360 e. The molecule has 7 heteroatoms. The van der Waals surface area contributed by atoms with Crippen molar-refractivity contribution in [3.63, 3.8) is 0 Å². The molecular formula is C16H28N4OS2. The van der Waals surface area contributed by atoms with E-state index in [9.17, 15) is 4.79 Å². The lowest BCUT2D eigenvalue weighted by Gasteiger charge is -2.32. The molecule has 5 nitrogen and oxygen atoms in total. The van der Waals surface area contributed by atoms with Crippen molar-refractivity contribution in [2.75, 3.05) is 18.9 Å². The third-order valence-corrected chi connectivity index (χ3v) is 6.36. The first-order chi connectivity index (χ1) is 11.1. The van der Waals surface area contributed by atoms with Crippen molar-refractivity contribution in [3.8, 4) is 0 Å². The van der Waals surface area contributed by atoms with Gasteiger partial charge in [0.15, 0.2) is 4.34 Å². The van der Waals surface area contributed by atoms with Gasteiger partial charge >= 0.3 is 0 Å². The molecule has 1 aromatic heterocycles. The Kier molecular flexibility index (Phi) is 7.62. The predicted octanol–water partition coefficient (Wildman–Crippen LogP) is 4.02. The van der Waals surface area contributed by atoms with Crippen molar-refractivity contribution >= 4 is 34.1 Å². The molecule has 0 spiro atoms. The van der Waals surface area contributed by atoms with E-state index in [1.807, 2.05) is 18.9 Å². The molecule has 0 saturated heterocycles. The molecule has 130 valence electrons. The Morgan fingerprint density at radius 1 is 1.39 bits per heavy atom. The number of unbranched alkanes of at least 4 members (excludes halogenated alkanes) is 1. The van der Waals surface area contributed by atoms with Gasteiger partial charge in [-0.05, 0) is 26.2 Å². The van der Waals surface area contributed by atoms with E-state index in [-0.39, 0.29) is 11.2 Å². The van der Waals surface area contributed by atoms with E-state index in [0.717, 1.165) is 41.7 Å². The molecule has 1 aromatic rings. The number of hydrogen-bond acceptors (Lipinski definition) is 6. The number of thioether (sulfide) groups is 1. The van der Waals surface area contributed by atoms with Crippen molar-refractivity contribution in [2.24, 2.45) is 0 Å². The lowest BCUT2D eigenvalue weighted by molar-refractivity contribution is -0.131. The molecule has 1 unspecified atom stereocenters. The first-order valence-corrected chi connectivity index (χ1v) is 10.3. The van der Waals surface area contributed by atoms with E-state index in [0.29, 0.717) is 6.04 Å². The molecule has 1 heterocycles. The van der Waals surface area contributed by atoms with Crippen molar-refractivity contribution in [1.82, 2.24) is 15.1 Å². The Bertz CT molecular complexity index is 488. The van der Waals surface area contributed by atoms with Crippen LogP contribution in [0.15, 0.2) is 4.34 Å². The maximum Gasteiger partial charge on any atom is 0.235 e. The number of nitrogens with one attached hydrogen (secondary N) is 1. The molecule has 0 aromatic carbocycles. The van der Waals surface area contributed by atoms with Gasteiger partial charge in [0, 0.05) is 19.6 Å². The van der Waals surface area contributed by atoms with Crippen LogP contribution in [0.1, 0.15) is 58.8 Å². The van der Waals surface area contributed by atoms with Crippen LogP contribution in [0, 0.1) is 0 Å². The fraction of sp³-hybridized carbons (Fsp3) is 0.812. The predicted molar refractivity (Wildman–Crippen MR) is 98.3 cm³/mol. The van der Waals surface area contributed by atoms with Crippen molar-refractivity contribution in [3.05, 3.63) is 0 Å². The Labute approximate surface area is 147 Å². The van der Waals surface area contributed by atoms with Crippen molar-refractivity contribution < 1.29 is 4.79 Å². The first-order valence-electron chi connectivity index (χ1n) is 8.62. The number of nitrogens with zero attached hydrogens (tertiary/aromatic N) is 3. The second-order valence-electron chi connectivity index (χ2n) is 6.15. The lowest BCUT2D eigenvalue weighted by atomic mass is 9.94. The summed E-state index contributed by atoms with van der Waals surface area (Å²) in [6.07, 6.45) is 8.37. The third kappa shape index (κ3) is 5.64. The highest BCUT2D eigenvalue weighted by molar-refractivity contribution is 8.02. The second kappa shape index (κ2) is 9.47. The highest BCUT2D eigenvalue weighted by Crippen LogP contribution is 2.31. The molecule has 1 atom stereocenters. The van der Waals surface area contributed by atoms with E-state index in [1.54, 1.807) is 0 Å². The van der Waals surface area contributed by atoms with E-state index < -0.39 is 0 Å². The van der Waals surface area contributed by atoms with E-state index in [4.69, 9.17) is 0 Å². The Balaban J connectivity index is 1.82. The van der Waals surface area contributed by atoms with Crippen LogP contribution in [0.3, 0.4) is 0 Å². The number of anilines is 1. The molecule has 1 saturated carbocycles. The van der Waals surface area contributed by atoms with Gasteiger partial charge in [-0.1, -0.05) is 55.7 Å². The van der Waals surface area contributed by atoms with Gasteiger partial charge in [0.2, 0.25) is 11.0 Å². The molecule has 23 heavy (non-hydrogen) atoms. The number of aromatic nitrogens is 2. The monoisotopic (exact) mass is 356 g/mol. The Morgan fingerprint density at radius 3 is 2.83 bits per heavy atom. The molecule has 1 amide bonds. The average molecular weight is 357 g/mol. The smallest absolute Gasteiger partial charge is 0.235 e. The minimum Gasteiger partial charge on any atom is -0.360 e. The SMILES string of the molecule is CCCCNc1nnc(SC(C)C(=O)N(C)C2CCCCC2)s1. The lowest BCUT2D eigenvalue weighted by Crippen LogP contribution is -2.42. The molecule has 0 aliphatic heterocycles. The summed E-state index contributed by atoms with van der Waals surface area (Å²) in [5.74, 6) is 0.206. The second-order valence-corrected chi connectivity index (χ2v) is 8.72. The van der Waals surface area contributed by atoms with Gasteiger partial charge < -0.3 is 10.2 Å². The topological polar surface area (TPSA) is 58.1 Å². The maximum atomic E-state index is 12.6. The van der Waals surface area contributed by atoms with Gasteiger partial charge in [-0.25, -0.2) is 0 Å². The number of amides is 1. The van der Waals surface area contributed by atoms with Crippen molar-refractivity contribution in [1.29, 1.82) is 0 Å². The molecule has 0 radical (unpaired) electrons. The van der Waals surface area contributed by atoms with Gasteiger partial charge in [0.25, 0.3) is 0 Å².